The van der Waals surface area contributed by atoms with Crippen molar-refractivity contribution in [2.75, 3.05) is 0 Å². The topological polar surface area (TPSA) is 76.0 Å². The molecule has 1 aromatic heterocycles. The van der Waals surface area contributed by atoms with E-state index in [0.29, 0.717) is 21.3 Å². The molecule has 30 heavy (non-hydrogen) atoms. The summed E-state index contributed by atoms with van der Waals surface area (Å²) in [7, 11) is 0. The molecule has 0 amide bonds. The van der Waals surface area contributed by atoms with E-state index in [0.717, 1.165) is 15.6 Å². The highest BCUT2D eigenvalue weighted by atomic mass is 35.5. The zero-order valence-corrected chi connectivity index (χ0v) is 17.0. The third kappa shape index (κ3) is 4.25. The first-order valence-corrected chi connectivity index (χ1v) is 10.1. The molecular weight excluding hydrogens is 422 g/mol. The lowest BCUT2D eigenvalue weighted by Gasteiger charge is -2.04. The summed E-state index contributed by atoms with van der Waals surface area (Å²) >= 11 is 7.64. The van der Waals surface area contributed by atoms with E-state index < -0.39 is 11.9 Å². The summed E-state index contributed by atoms with van der Waals surface area (Å²) in [6.45, 7) is 0. The number of halogens is 1. The van der Waals surface area contributed by atoms with Crippen LogP contribution in [0.25, 0.3) is 10.1 Å². The van der Waals surface area contributed by atoms with Crippen LogP contribution in [0.2, 0.25) is 5.02 Å². The maximum atomic E-state index is 12.6. The highest BCUT2D eigenvalue weighted by Crippen LogP contribution is 2.35. The van der Waals surface area contributed by atoms with Crippen molar-refractivity contribution in [1.82, 2.24) is 0 Å². The fourth-order valence-corrected chi connectivity index (χ4v) is 4.18. The van der Waals surface area contributed by atoms with Gasteiger partial charge in [0.15, 0.2) is 0 Å². The summed E-state index contributed by atoms with van der Waals surface area (Å²) in [5.74, 6) is -1.13. The Balaban J connectivity index is 1.50. The SMILES string of the molecule is O=C(O)c1ccc(N=Cc2cccc(OC(=O)c3sc4ccccc4c3Cl)c2)cc1. The molecular formula is C23H14ClNO4S. The van der Waals surface area contributed by atoms with E-state index in [2.05, 4.69) is 4.99 Å². The number of benzene rings is 3. The van der Waals surface area contributed by atoms with Crippen molar-refractivity contribution in [3.05, 3.63) is 93.8 Å². The summed E-state index contributed by atoms with van der Waals surface area (Å²) in [6, 6.07) is 20.7. The number of ether oxygens (including phenoxy) is 1. The van der Waals surface area contributed by atoms with Gasteiger partial charge in [0.05, 0.1) is 16.3 Å². The Hall–Kier alpha value is -3.48. The average Bonchev–Trinajstić information content (AvgIpc) is 3.10. The zero-order valence-electron chi connectivity index (χ0n) is 15.4. The van der Waals surface area contributed by atoms with E-state index in [1.54, 1.807) is 36.5 Å². The molecule has 0 spiro atoms. The summed E-state index contributed by atoms with van der Waals surface area (Å²) in [6.07, 6.45) is 1.61. The molecule has 0 saturated carbocycles. The fourth-order valence-electron chi connectivity index (χ4n) is 2.80. The summed E-state index contributed by atoms with van der Waals surface area (Å²) in [5.41, 5.74) is 1.53. The van der Waals surface area contributed by atoms with E-state index in [1.165, 1.54) is 23.5 Å². The lowest BCUT2D eigenvalue weighted by atomic mass is 10.2. The summed E-state index contributed by atoms with van der Waals surface area (Å²) < 4.78 is 6.43. The van der Waals surface area contributed by atoms with Gasteiger partial charge in [-0.1, -0.05) is 41.9 Å². The van der Waals surface area contributed by atoms with Crippen molar-refractivity contribution in [2.45, 2.75) is 0 Å². The second-order valence-corrected chi connectivity index (χ2v) is 7.74. The molecule has 0 aliphatic carbocycles. The van der Waals surface area contributed by atoms with Gasteiger partial charge in [-0.15, -0.1) is 11.3 Å². The minimum Gasteiger partial charge on any atom is -0.478 e. The number of hydrogen-bond donors (Lipinski definition) is 1. The molecule has 0 atom stereocenters. The Kier molecular flexibility index (Phi) is 5.61. The molecule has 4 rings (SSSR count). The van der Waals surface area contributed by atoms with Gasteiger partial charge in [-0.05, 0) is 48.0 Å². The fraction of sp³-hybridized carbons (Fsp3) is 0. The van der Waals surface area contributed by atoms with Crippen LogP contribution in [0.3, 0.4) is 0 Å². The van der Waals surface area contributed by atoms with Gasteiger partial charge >= 0.3 is 11.9 Å². The number of carbonyl (C=O) groups is 2. The second-order valence-electron chi connectivity index (χ2n) is 6.31. The number of aliphatic imine (C=N–C) groups is 1. The standard InChI is InChI=1S/C23H14ClNO4S/c24-20-18-6-1-2-7-19(18)30-21(20)23(28)29-17-5-3-4-14(12-17)13-25-16-10-8-15(9-11-16)22(26)27/h1-13H,(H,26,27). The van der Waals surface area contributed by atoms with Gasteiger partial charge in [-0.3, -0.25) is 4.99 Å². The highest BCUT2D eigenvalue weighted by Gasteiger charge is 2.19. The number of carbonyl (C=O) groups excluding carboxylic acids is 1. The summed E-state index contributed by atoms with van der Waals surface area (Å²) in [5, 5.41) is 10.2. The third-order valence-electron chi connectivity index (χ3n) is 4.27. The summed E-state index contributed by atoms with van der Waals surface area (Å²) in [4.78, 5) is 28.2. The first kappa shape index (κ1) is 19.8. The average molecular weight is 436 g/mol. The van der Waals surface area contributed by atoms with Crippen LogP contribution in [0.15, 0.2) is 77.8 Å². The molecule has 0 bridgehead atoms. The Labute approximate surface area is 180 Å². The molecule has 0 saturated heterocycles. The van der Waals surface area contributed by atoms with Gasteiger partial charge in [-0.25, -0.2) is 9.59 Å². The first-order chi connectivity index (χ1) is 14.5. The van der Waals surface area contributed by atoms with E-state index in [1.807, 2.05) is 30.3 Å². The minimum absolute atomic E-state index is 0.197. The molecule has 3 aromatic carbocycles. The predicted octanol–water partition coefficient (Wildman–Crippen LogP) is 6.22. The van der Waals surface area contributed by atoms with Gasteiger partial charge in [0.1, 0.15) is 10.6 Å². The number of aromatic carboxylic acids is 1. The van der Waals surface area contributed by atoms with Crippen LogP contribution in [-0.4, -0.2) is 23.3 Å². The maximum Gasteiger partial charge on any atom is 0.355 e. The lowest BCUT2D eigenvalue weighted by molar-refractivity contribution is 0.0694. The maximum absolute atomic E-state index is 12.6. The number of fused-ring (bicyclic) bond motifs is 1. The van der Waals surface area contributed by atoms with Crippen molar-refractivity contribution in [2.24, 2.45) is 4.99 Å². The van der Waals surface area contributed by atoms with Gasteiger partial charge in [0.25, 0.3) is 0 Å². The Morgan fingerprint density at radius 2 is 1.77 bits per heavy atom. The minimum atomic E-state index is -0.987. The van der Waals surface area contributed by atoms with E-state index in [-0.39, 0.29) is 5.56 Å². The normalized spacial score (nSPS) is 11.1. The molecule has 0 radical (unpaired) electrons. The predicted molar refractivity (Wildman–Crippen MR) is 119 cm³/mol. The van der Waals surface area contributed by atoms with Gasteiger partial charge in [0, 0.05) is 16.3 Å². The van der Waals surface area contributed by atoms with E-state index in [9.17, 15) is 9.59 Å². The second kappa shape index (κ2) is 8.49. The zero-order chi connectivity index (χ0) is 21.1. The van der Waals surface area contributed by atoms with Crippen LogP contribution in [0.1, 0.15) is 25.6 Å². The molecule has 1 heterocycles. The highest BCUT2D eigenvalue weighted by molar-refractivity contribution is 7.21. The molecule has 5 nitrogen and oxygen atoms in total. The smallest absolute Gasteiger partial charge is 0.355 e. The molecule has 0 fully saturated rings. The number of esters is 1. The molecule has 7 heteroatoms. The number of rotatable bonds is 5. The van der Waals surface area contributed by atoms with Crippen LogP contribution in [0.5, 0.6) is 5.75 Å². The number of carboxylic acid groups (broad SMARTS) is 1. The van der Waals surface area contributed by atoms with Crippen molar-refractivity contribution in [1.29, 1.82) is 0 Å². The van der Waals surface area contributed by atoms with E-state index in [4.69, 9.17) is 21.4 Å². The van der Waals surface area contributed by atoms with Crippen LogP contribution in [0, 0.1) is 0 Å². The Bertz CT molecular complexity index is 1280. The Morgan fingerprint density at radius 1 is 1.00 bits per heavy atom. The Morgan fingerprint density at radius 3 is 2.50 bits per heavy atom. The van der Waals surface area contributed by atoms with E-state index >= 15 is 0 Å². The molecule has 0 unspecified atom stereocenters. The van der Waals surface area contributed by atoms with Gasteiger partial charge in [-0.2, -0.15) is 0 Å². The molecule has 148 valence electrons. The lowest BCUT2D eigenvalue weighted by Crippen LogP contribution is -2.07. The van der Waals surface area contributed by atoms with Crippen molar-refractivity contribution in [3.8, 4) is 5.75 Å². The van der Waals surface area contributed by atoms with Crippen molar-refractivity contribution in [3.63, 3.8) is 0 Å². The quantitative estimate of drug-likeness (QED) is 0.229. The van der Waals surface area contributed by atoms with Crippen LogP contribution < -0.4 is 4.74 Å². The van der Waals surface area contributed by atoms with Crippen molar-refractivity contribution >= 4 is 56.9 Å². The largest absolute Gasteiger partial charge is 0.478 e. The number of carboxylic acids is 1. The molecule has 0 aliphatic rings. The number of thiophene rings is 1. The third-order valence-corrected chi connectivity index (χ3v) is 5.92. The van der Waals surface area contributed by atoms with Crippen molar-refractivity contribution < 1.29 is 19.4 Å². The molecule has 0 aliphatic heterocycles. The number of nitrogens with zero attached hydrogens (tertiary/aromatic N) is 1. The first-order valence-electron chi connectivity index (χ1n) is 8.88. The van der Waals surface area contributed by atoms with Crippen LogP contribution in [0.4, 0.5) is 5.69 Å². The van der Waals surface area contributed by atoms with Crippen LogP contribution >= 0.6 is 22.9 Å². The van der Waals surface area contributed by atoms with Crippen LogP contribution in [-0.2, 0) is 0 Å². The monoisotopic (exact) mass is 435 g/mol. The van der Waals surface area contributed by atoms with Gasteiger partial charge < -0.3 is 9.84 Å². The number of hydrogen-bond acceptors (Lipinski definition) is 5. The molecule has 1 N–H and O–H groups in total. The molecule has 4 aromatic rings. The van der Waals surface area contributed by atoms with Gasteiger partial charge in [0.2, 0.25) is 0 Å².